The number of thiophene rings is 1. The van der Waals surface area contributed by atoms with Gasteiger partial charge in [-0.15, -0.1) is 11.3 Å². The molecular weight excluding hydrogens is 360 g/mol. The van der Waals surface area contributed by atoms with Gasteiger partial charge in [0.25, 0.3) is 11.5 Å². The molecule has 2 aromatic heterocycles. The van der Waals surface area contributed by atoms with Crippen molar-refractivity contribution in [2.75, 3.05) is 27.2 Å². The Morgan fingerprint density at radius 3 is 2.56 bits per heavy atom. The SMILES string of the molecule is Cc1c(C(=O)N(CCN(C)C)Cc2ccccc2)sc2ncn(C)c(=O)c12. The first kappa shape index (κ1) is 19.3. The highest BCUT2D eigenvalue weighted by atomic mass is 32.1. The Labute approximate surface area is 162 Å². The number of aromatic nitrogens is 2. The molecule has 3 rings (SSSR count). The van der Waals surface area contributed by atoms with E-state index in [1.54, 1.807) is 7.05 Å². The molecule has 0 saturated carbocycles. The van der Waals surface area contributed by atoms with Crippen LogP contribution in [0.5, 0.6) is 0 Å². The van der Waals surface area contributed by atoms with Crippen molar-refractivity contribution in [1.29, 1.82) is 0 Å². The second-order valence-corrected chi connectivity index (χ2v) is 7.91. The molecule has 6 nitrogen and oxygen atoms in total. The van der Waals surface area contributed by atoms with Gasteiger partial charge in [0, 0.05) is 26.7 Å². The van der Waals surface area contributed by atoms with E-state index in [0.717, 1.165) is 17.7 Å². The van der Waals surface area contributed by atoms with E-state index >= 15 is 0 Å². The first-order chi connectivity index (χ1) is 12.9. The fourth-order valence-corrected chi connectivity index (χ4v) is 4.04. The molecule has 0 atom stereocenters. The number of fused-ring (bicyclic) bond motifs is 1. The van der Waals surface area contributed by atoms with Crippen LogP contribution in [0.3, 0.4) is 0 Å². The van der Waals surface area contributed by atoms with Crippen LogP contribution in [0.25, 0.3) is 10.2 Å². The van der Waals surface area contributed by atoms with Gasteiger partial charge in [0.15, 0.2) is 0 Å². The van der Waals surface area contributed by atoms with E-state index in [1.807, 2.05) is 56.3 Å². The second-order valence-electron chi connectivity index (χ2n) is 6.91. The standard InChI is InChI=1S/C20H24N4O2S/c1-14-16-18(21-13-23(4)19(16)25)27-17(14)20(26)24(11-10-22(2)3)12-15-8-6-5-7-9-15/h5-9,13H,10-12H2,1-4H3. The number of hydrogen-bond acceptors (Lipinski definition) is 5. The summed E-state index contributed by atoms with van der Waals surface area (Å²) in [7, 11) is 5.65. The number of rotatable bonds is 6. The van der Waals surface area contributed by atoms with Crippen LogP contribution in [-0.4, -0.2) is 52.4 Å². The van der Waals surface area contributed by atoms with Crippen LogP contribution in [0.1, 0.15) is 20.8 Å². The molecule has 0 fully saturated rings. The summed E-state index contributed by atoms with van der Waals surface area (Å²) in [6.45, 7) is 3.75. The lowest BCUT2D eigenvalue weighted by Crippen LogP contribution is -2.36. The lowest BCUT2D eigenvalue weighted by molar-refractivity contribution is 0.0736. The average Bonchev–Trinajstić information content (AvgIpc) is 2.99. The minimum atomic E-state index is -0.115. The zero-order valence-corrected chi connectivity index (χ0v) is 16.9. The van der Waals surface area contributed by atoms with Gasteiger partial charge >= 0.3 is 0 Å². The van der Waals surface area contributed by atoms with Gasteiger partial charge in [-0.05, 0) is 32.1 Å². The molecule has 0 radical (unpaired) electrons. The van der Waals surface area contributed by atoms with Crippen LogP contribution in [0, 0.1) is 6.92 Å². The van der Waals surface area contributed by atoms with Crippen molar-refractivity contribution in [2.45, 2.75) is 13.5 Å². The summed E-state index contributed by atoms with van der Waals surface area (Å²) >= 11 is 1.30. The predicted molar refractivity (Wildman–Crippen MR) is 109 cm³/mol. The number of carbonyl (C=O) groups is 1. The summed E-state index contributed by atoms with van der Waals surface area (Å²) in [5, 5.41) is 0.542. The molecule has 142 valence electrons. The van der Waals surface area contributed by atoms with Gasteiger partial charge in [-0.25, -0.2) is 4.98 Å². The highest BCUT2D eigenvalue weighted by molar-refractivity contribution is 7.20. The van der Waals surface area contributed by atoms with Crippen molar-refractivity contribution < 1.29 is 4.79 Å². The molecule has 1 aromatic carbocycles. The summed E-state index contributed by atoms with van der Waals surface area (Å²) in [4.78, 5) is 35.2. The number of likely N-dealkylation sites (N-methyl/N-ethyl adjacent to an activating group) is 1. The largest absolute Gasteiger partial charge is 0.332 e. The second kappa shape index (κ2) is 8.02. The van der Waals surface area contributed by atoms with Crippen molar-refractivity contribution in [3.05, 3.63) is 63.0 Å². The van der Waals surface area contributed by atoms with Crippen LogP contribution < -0.4 is 5.56 Å². The molecule has 2 heterocycles. The molecule has 0 saturated heterocycles. The van der Waals surface area contributed by atoms with Crippen LogP contribution in [0.2, 0.25) is 0 Å². The quantitative estimate of drug-likeness (QED) is 0.655. The molecular formula is C20H24N4O2S. The third-order valence-corrected chi connectivity index (χ3v) is 5.71. The van der Waals surface area contributed by atoms with E-state index in [4.69, 9.17) is 0 Å². The fraction of sp³-hybridized carbons (Fsp3) is 0.350. The van der Waals surface area contributed by atoms with Gasteiger partial charge in [0.05, 0.1) is 16.6 Å². The molecule has 0 aliphatic rings. The van der Waals surface area contributed by atoms with Gasteiger partial charge in [0.1, 0.15) is 4.83 Å². The number of aryl methyl sites for hydroxylation is 2. The van der Waals surface area contributed by atoms with E-state index in [0.29, 0.717) is 28.2 Å². The number of carbonyl (C=O) groups excluding carboxylic acids is 1. The maximum Gasteiger partial charge on any atom is 0.264 e. The highest BCUT2D eigenvalue weighted by Gasteiger charge is 2.23. The first-order valence-electron chi connectivity index (χ1n) is 8.81. The molecule has 7 heteroatoms. The third-order valence-electron chi connectivity index (χ3n) is 4.53. The minimum absolute atomic E-state index is 0.0525. The lowest BCUT2D eigenvalue weighted by Gasteiger charge is -2.24. The van der Waals surface area contributed by atoms with Crippen molar-refractivity contribution >= 4 is 27.5 Å². The lowest BCUT2D eigenvalue weighted by atomic mass is 10.1. The van der Waals surface area contributed by atoms with E-state index in [2.05, 4.69) is 9.88 Å². The molecule has 0 unspecified atom stereocenters. The summed E-state index contributed by atoms with van der Waals surface area (Å²) in [6.07, 6.45) is 1.50. The van der Waals surface area contributed by atoms with Crippen LogP contribution in [0.4, 0.5) is 0 Å². The van der Waals surface area contributed by atoms with Crippen molar-refractivity contribution in [3.8, 4) is 0 Å². The van der Waals surface area contributed by atoms with Crippen molar-refractivity contribution in [3.63, 3.8) is 0 Å². The van der Waals surface area contributed by atoms with E-state index in [1.165, 1.54) is 22.2 Å². The molecule has 1 amide bonds. The summed E-state index contributed by atoms with van der Waals surface area (Å²) in [5.41, 5.74) is 1.68. The minimum Gasteiger partial charge on any atom is -0.332 e. The first-order valence-corrected chi connectivity index (χ1v) is 9.62. The molecule has 0 N–H and O–H groups in total. The van der Waals surface area contributed by atoms with Gasteiger partial charge in [-0.1, -0.05) is 30.3 Å². The monoisotopic (exact) mass is 384 g/mol. The predicted octanol–water partition coefficient (Wildman–Crippen LogP) is 2.51. The maximum atomic E-state index is 13.3. The Kier molecular flexibility index (Phi) is 5.72. The van der Waals surface area contributed by atoms with Gasteiger partial charge in [0.2, 0.25) is 0 Å². The molecule has 0 aliphatic carbocycles. The Hall–Kier alpha value is -2.51. The van der Waals surface area contributed by atoms with Crippen LogP contribution >= 0.6 is 11.3 Å². The number of benzene rings is 1. The zero-order valence-electron chi connectivity index (χ0n) is 16.1. The maximum absolute atomic E-state index is 13.3. The smallest absolute Gasteiger partial charge is 0.264 e. The molecule has 3 aromatic rings. The van der Waals surface area contributed by atoms with Gasteiger partial charge < -0.3 is 14.4 Å². The van der Waals surface area contributed by atoms with Gasteiger partial charge in [-0.2, -0.15) is 0 Å². The Bertz CT molecular complexity index is 1010. The van der Waals surface area contributed by atoms with E-state index in [9.17, 15) is 9.59 Å². The number of amides is 1. The van der Waals surface area contributed by atoms with E-state index in [-0.39, 0.29) is 11.5 Å². The fourth-order valence-electron chi connectivity index (χ4n) is 2.93. The summed E-state index contributed by atoms with van der Waals surface area (Å²) in [6, 6.07) is 9.95. The Morgan fingerprint density at radius 2 is 1.89 bits per heavy atom. The molecule has 0 spiro atoms. The average molecular weight is 385 g/mol. The van der Waals surface area contributed by atoms with Crippen LogP contribution in [-0.2, 0) is 13.6 Å². The van der Waals surface area contributed by atoms with E-state index < -0.39 is 0 Å². The third kappa shape index (κ3) is 4.09. The van der Waals surface area contributed by atoms with Crippen LogP contribution in [0.15, 0.2) is 41.5 Å². The highest BCUT2D eigenvalue weighted by Crippen LogP contribution is 2.28. The van der Waals surface area contributed by atoms with Crippen molar-refractivity contribution in [1.82, 2.24) is 19.4 Å². The molecule has 27 heavy (non-hydrogen) atoms. The number of hydrogen-bond donors (Lipinski definition) is 0. The molecule has 0 aliphatic heterocycles. The summed E-state index contributed by atoms with van der Waals surface area (Å²) in [5.74, 6) is -0.0525. The van der Waals surface area contributed by atoms with Gasteiger partial charge in [-0.3, -0.25) is 9.59 Å². The van der Waals surface area contributed by atoms with Crippen molar-refractivity contribution in [2.24, 2.45) is 7.05 Å². The Balaban J connectivity index is 1.98. The molecule has 0 bridgehead atoms. The topological polar surface area (TPSA) is 58.4 Å². The number of nitrogens with zero attached hydrogens (tertiary/aromatic N) is 4. The summed E-state index contributed by atoms with van der Waals surface area (Å²) < 4.78 is 1.45. The Morgan fingerprint density at radius 1 is 1.19 bits per heavy atom. The zero-order chi connectivity index (χ0) is 19.6. The normalized spacial score (nSPS) is 11.3.